The first-order chi connectivity index (χ1) is 11.9. The highest BCUT2D eigenvalue weighted by Gasteiger charge is 2.30. The molecule has 25 heavy (non-hydrogen) atoms. The number of hydrogen-bond donors (Lipinski definition) is 0. The second-order valence-electron chi connectivity index (χ2n) is 6.10. The van der Waals surface area contributed by atoms with Gasteiger partial charge in [0.25, 0.3) is 0 Å². The minimum absolute atomic E-state index is 0.0750. The number of halogens is 1. The number of hydrogen-bond acceptors (Lipinski definition) is 6. The van der Waals surface area contributed by atoms with E-state index in [1.54, 1.807) is 22.7 Å². The third-order valence-corrected chi connectivity index (χ3v) is 6.54. The van der Waals surface area contributed by atoms with Gasteiger partial charge in [0.1, 0.15) is 5.82 Å². The molecule has 3 aromatic rings. The summed E-state index contributed by atoms with van der Waals surface area (Å²) in [6.07, 6.45) is 2.80. The summed E-state index contributed by atoms with van der Waals surface area (Å²) in [7, 11) is -3.24. The van der Waals surface area contributed by atoms with Gasteiger partial charge in [-0.3, -0.25) is 0 Å². The van der Waals surface area contributed by atoms with Crippen LogP contribution < -0.4 is 0 Å². The lowest BCUT2D eigenvalue weighted by Crippen LogP contribution is -2.38. The zero-order valence-corrected chi connectivity index (χ0v) is 15.1. The monoisotopic (exact) mass is 381 g/mol. The van der Waals surface area contributed by atoms with E-state index in [1.807, 2.05) is 0 Å². The molecular weight excluding hydrogens is 365 g/mol. The van der Waals surface area contributed by atoms with Crippen LogP contribution in [0.15, 0.2) is 24.3 Å². The zero-order valence-electron chi connectivity index (χ0n) is 13.5. The Labute approximate surface area is 148 Å². The highest BCUT2D eigenvalue weighted by atomic mass is 32.2. The molecule has 0 radical (unpaired) electrons. The molecule has 0 amide bonds. The normalized spacial score (nSPS) is 19.5. The lowest BCUT2D eigenvalue weighted by atomic mass is 9.99. The van der Waals surface area contributed by atoms with Crippen LogP contribution in [0.2, 0.25) is 0 Å². The summed E-state index contributed by atoms with van der Waals surface area (Å²) in [6, 6.07) is 6.45. The fraction of sp³-hybridized carbons (Fsp3) is 0.400. The van der Waals surface area contributed by atoms with Crippen LogP contribution >= 0.6 is 11.3 Å². The van der Waals surface area contributed by atoms with Crippen LogP contribution in [0.1, 0.15) is 24.6 Å². The molecule has 0 spiro atoms. The van der Waals surface area contributed by atoms with E-state index in [2.05, 4.69) is 15.3 Å². The van der Waals surface area contributed by atoms with E-state index in [1.165, 1.54) is 28.0 Å². The number of nitrogens with zero attached hydrogens (tertiary/aromatic N) is 5. The van der Waals surface area contributed by atoms with Crippen molar-refractivity contribution in [2.45, 2.75) is 18.8 Å². The molecule has 1 aliphatic heterocycles. The van der Waals surface area contributed by atoms with Gasteiger partial charge in [0, 0.05) is 24.6 Å². The molecule has 1 fully saturated rings. The van der Waals surface area contributed by atoms with Crippen molar-refractivity contribution in [3.8, 4) is 10.6 Å². The number of aromatic nitrogens is 4. The summed E-state index contributed by atoms with van der Waals surface area (Å²) < 4.78 is 40.7. The molecule has 1 atom stereocenters. The Bertz CT molecular complexity index is 1030. The summed E-state index contributed by atoms with van der Waals surface area (Å²) in [4.78, 5) is 0.574. The van der Waals surface area contributed by atoms with E-state index in [-0.39, 0.29) is 11.7 Å². The van der Waals surface area contributed by atoms with Gasteiger partial charge in [-0.2, -0.15) is 9.61 Å². The fourth-order valence-electron chi connectivity index (χ4n) is 3.08. The van der Waals surface area contributed by atoms with Gasteiger partial charge >= 0.3 is 0 Å². The maximum Gasteiger partial charge on any atom is 0.234 e. The molecular formula is C15H16FN5O2S2. The van der Waals surface area contributed by atoms with Crippen LogP contribution in [0, 0.1) is 5.82 Å². The van der Waals surface area contributed by atoms with Gasteiger partial charge in [-0.05, 0) is 25.0 Å². The molecule has 2 aromatic heterocycles. The Kier molecular flexibility index (Phi) is 4.05. The minimum atomic E-state index is -3.24. The molecule has 132 valence electrons. The molecule has 1 saturated heterocycles. The van der Waals surface area contributed by atoms with Crippen molar-refractivity contribution in [2.24, 2.45) is 0 Å². The maximum absolute atomic E-state index is 14.0. The summed E-state index contributed by atoms with van der Waals surface area (Å²) in [5.74, 6) is 0.214. The van der Waals surface area contributed by atoms with E-state index < -0.39 is 10.0 Å². The largest absolute Gasteiger partial charge is 0.234 e. The average molecular weight is 381 g/mol. The van der Waals surface area contributed by atoms with Crippen LogP contribution in [-0.4, -0.2) is 51.9 Å². The van der Waals surface area contributed by atoms with Crippen LogP contribution in [0.25, 0.3) is 15.5 Å². The van der Waals surface area contributed by atoms with Crippen molar-refractivity contribution in [3.05, 3.63) is 35.9 Å². The molecule has 0 N–H and O–H groups in total. The van der Waals surface area contributed by atoms with E-state index in [9.17, 15) is 12.8 Å². The Balaban J connectivity index is 1.71. The van der Waals surface area contributed by atoms with E-state index in [0.717, 1.165) is 12.8 Å². The third kappa shape index (κ3) is 3.05. The van der Waals surface area contributed by atoms with Gasteiger partial charge < -0.3 is 0 Å². The zero-order chi connectivity index (χ0) is 17.6. The quantitative estimate of drug-likeness (QED) is 0.694. The lowest BCUT2D eigenvalue weighted by Gasteiger charge is -2.29. The first-order valence-electron chi connectivity index (χ1n) is 7.85. The van der Waals surface area contributed by atoms with E-state index in [4.69, 9.17) is 0 Å². The predicted octanol–water partition coefficient (Wildman–Crippen LogP) is 2.13. The summed E-state index contributed by atoms with van der Waals surface area (Å²) in [6.45, 7) is 0.890. The highest BCUT2D eigenvalue weighted by molar-refractivity contribution is 7.88. The highest BCUT2D eigenvalue weighted by Crippen LogP contribution is 2.31. The molecule has 10 heteroatoms. The van der Waals surface area contributed by atoms with Crippen molar-refractivity contribution in [1.29, 1.82) is 0 Å². The van der Waals surface area contributed by atoms with Gasteiger partial charge in [-0.1, -0.05) is 23.5 Å². The Morgan fingerprint density at radius 1 is 1.28 bits per heavy atom. The van der Waals surface area contributed by atoms with Gasteiger partial charge in [0.05, 0.1) is 6.26 Å². The average Bonchev–Trinajstić information content (AvgIpc) is 3.15. The van der Waals surface area contributed by atoms with Gasteiger partial charge in [-0.15, -0.1) is 10.2 Å². The summed E-state index contributed by atoms with van der Waals surface area (Å²) >= 11 is 1.26. The van der Waals surface area contributed by atoms with Crippen LogP contribution in [0.3, 0.4) is 0 Å². The van der Waals surface area contributed by atoms with Crippen LogP contribution in [-0.2, 0) is 10.0 Å². The standard InChI is InChI=1S/C15H16FN5O2S2/c1-25(22,23)20-8-4-5-10(9-20)13-17-18-15-21(13)19-14(24-15)11-6-2-3-7-12(11)16/h2-3,6-7,10H,4-5,8-9H2,1H3. The molecule has 1 aromatic carbocycles. The predicted molar refractivity (Wildman–Crippen MR) is 92.4 cm³/mol. The number of rotatable bonds is 3. The maximum atomic E-state index is 14.0. The van der Waals surface area contributed by atoms with E-state index in [0.29, 0.717) is 34.4 Å². The molecule has 1 aliphatic rings. The van der Waals surface area contributed by atoms with Crippen molar-refractivity contribution in [3.63, 3.8) is 0 Å². The number of fused-ring (bicyclic) bond motifs is 1. The summed E-state index contributed by atoms with van der Waals surface area (Å²) in [5.41, 5.74) is 0.422. The van der Waals surface area contributed by atoms with Crippen molar-refractivity contribution >= 4 is 26.3 Å². The first-order valence-corrected chi connectivity index (χ1v) is 10.5. The smallest absolute Gasteiger partial charge is 0.213 e. The first kappa shape index (κ1) is 16.6. The SMILES string of the molecule is CS(=O)(=O)N1CCCC(c2nnc3sc(-c4ccccc4F)nn23)C1. The van der Waals surface area contributed by atoms with E-state index >= 15 is 0 Å². The molecule has 7 nitrogen and oxygen atoms in total. The van der Waals surface area contributed by atoms with Crippen molar-refractivity contribution in [2.75, 3.05) is 19.3 Å². The second-order valence-corrected chi connectivity index (χ2v) is 9.04. The van der Waals surface area contributed by atoms with Crippen LogP contribution in [0.5, 0.6) is 0 Å². The van der Waals surface area contributed by atoms with Crippen LogP contribution in [0.4, 0.5) is 4.39 Å². The minimum Gasteiger partial charge on any atom is -0.213 e. The number of benzene rings is 1. The molecule has 1 unspecified atom stereocenters. The number of piperidine rings is 1. The molecule has 0 aliphatic carbocycles. The summed E-state index contributed by atoms with van der Waals surface area (Å²) in [5, 5.41) is 13.3. The fourth-order valence-corrected chi connectivity index (χ4v) is 4.87. The van der Waals surface area contributed by atoms with Crippen molar-refractivity contribution in [1.82, 2.24) is 24.1 Å². The molecule has 0 saturated carbocycles. The molecule has 0 bridgehead atoms. The topological polar surface area (TPSA) is 80.5 Å². The Morgan fingerprint density at radius 2 is 2.08 bits per heavy atom. The van der Waals surface area contributed by atoms with Gasteiger partial charge in [-0.25, -0.2) is 17.1 Å². The van der Waals surface area contributed by atoms with Gasteiger partial charge in [0.2, 0.25) is 15.0 Å². The Hall–Kier alpha value is -1.91. The second kappa shape index (κ2) is 6.11. The third-order valence-electron chi connectivity index (χ3n) is 4.34. The van der Waals surface area contributed by atoms with Crippen molar-refractivity contribution < 1.29 is 12.8 Å². The lowest BCUT2D eigenvalue weighted by molar-refractivity contribution is 0.309. The van der Waals surface area contributed by atoms with Gasteiger partial charge in [0.15, 0.2) is 10.8 Å². The number of sulfonamides is 1. The molecule has 4 rings (SSSR count). The Morgan fingerprint density at radius 3 is 2.84 bits per heavy atom. The molecule has 3 heterocycles.